The van der Waals surface area contributed by atoms with Crippen LogP contribution in [-0.4, -0.2) is 0 Å². The summed E-state index contributed by atoms with van der Waals surface area (Å²) < 4.78 is 0. The Morgan fingerprint density at radius 1 is 0.895 bits per heavy atom. The van der Waals surface area contributed by atoms with E-state index in [0.29, 0.717) is 0 Å². The molecule has 99 valence electrons. The molecule has 0 nitrogen and oxygen atoms in total. The molecule has 0 amide bonds. The van der Waals surface area contributed by atoms with Crippen LogP contribution in [0.3, 0.4) is 0 Å². The highest BCUT2D eigenvalue weighted by molar-refractivity contribution is 5.86. The van der Waals surface area contributed by atoms with Crippen LogP contribution in [0.15, 0.2) is 42.5 Å². The van der Waals surface area contributed by atoms with Crippen molar-refractivity contribution >= 4 is 10.8 Å². The van der Waals surface area contributed by atoms with Crippen LogP contribution in [-0.2, 0) is 0 Å². The fraction of sp³-hybridized carbons (Fsp3) is 0.421. The minimum absolute atomic E-state index is 0.771. The standard InChI is InChI=1S/C19H23/c1-2-6-15-11-13-17(14-12-15)19-10-5-8-16-7-3-4-9-18(16)19/h3-5,7-10,15,17H,1-2,6,11-14H2. The van der Waals surface area contributed by atoms with E-state index in [1.165, 1.54) is 42.9 Å². The van der Waals surface area contributed by atoms with Crippen LogP contribution >= 0.6 is 0 Å². The summed E-state index contributed by atoms with van der Waals surface area (Å²) in [6.45, 7) is 4.00. The molecule has 0 aromatic heterocycles. The van der Waals surface area contributed by atoms with Gasteiger partial charge in [0, 0.05) is 0 Å². The Morgan fingerprint density at radius 2 is 1.63 bits per heavy atom. The van der Waals surface area contributed by atoms with Gasteiger partial charge in [-0.25, -0.2) is 0 Å². The van der Waals surface area contributed by atoms with Crippen molar-refractivity contribution in [2.24, 2.45) is 5.92 Å². The van der Waals surface area contributed by atoms with Gasteiger partial charge in [0.15, 0.2) is 0 Å². The van der Waals surface area contributed by atoms with Crippen LogP contribution in [0.2, 0.25) is 0 Å². The van der Waals surface area contributed by atoms with Gasteiger partial charge in [-0.2, -0.15) is 0 Å². The zero-order valence-corrected chi connectivity index (χ0v) is 11.6. The first-order valence-corrected chi connectivity index (χ1v) is 7.65. The second kappa shape index (κ2) is 5.77. The largest absolute Gasteiger partial charge is 0.0616 e. The Labute approximate surface area is 116 Å². The van der Waals surface area contributed by atoms with Crippen molar-refractivity contribution in [1.82, 2.24) is 0 Å². The second-order valence-electron chi connectivity index (χ2n) is 5.93. The molecule has 1 aliphatic rings. The first-order valence-electron chi connectivity index (χ1n) is 7.65. The highest BCUT2D eigenvalue weighted by atomic mass is 14.3. The highest BCUT2D eigenvalue weighted by Gasteiger charge is 2.22. The third kappa shape index (κ3) is 2.68. The first kappa shape index (κ1) is 12.7. The number of benzene rings is 2. The lowest BCUT2D eigenvalue weighted by Crippen LogP contribution is -2.13. The van der Waals surface area contributed by atoms with Crippen LogP contribution in [0.1, 0.15) is 50.0 Å². The third-order valence-electron chi connectivity index (χ3n) is 4.72. The molecule has 2 aromatic rings. The number of fused-ring (bicyclic) bond motifs is 1. The molecule has 0 N–H and O–H groups in total. The van der Waals surface area contributed by atoms with Crippen molar-refractivity contribution in [3.8, 4) is 0 Å². The van der Waals surface area contributed by atoms with Crippen molar-refractivity contribution in [1.29, 1.82) is 0 Å². The number of hydrogen-bond acceptors (Lipinski definition) is 0. The van der Waals surface area contributed by atoms with Crippen LogP contribution in [0, 0.1) is 12.8 Å². The van der Waals surface area contributed by atoms with E-state index >= 15 is 0 Å². The molecule has 19 heavy (non-hydrogen) atoms. The van der Waals surface area contributed by atoms with Gasteiger partial charge >= 0.3 is 0 Å². The minimum atomic E-state index is 0.771. The minimum Gasteiger partial charge on any atom is -0.0616 e. The predicted octanol–water partition coefficient (Wildman–Crippen LogP) is 5.73. The summed E-state index contributed by atoms with van der Waals surface area (Å²) in [5.41, 5.74) is 1.58. The maximum absolute atomic E-state index is 4.00. The lowest BCUT2D eigenvalue weighted by Gasteiger charge is -2.29. The van der Waals surface area contributed by atoms with E-state index in [1.54, 1.807) is 5.56 Å². The molecule has 0 heteroatoms. The van der Waals surface area contributed by atoms with Gasteiger partial charge in [0.05, 0.1) is 0 Å². The van der Waals surface area contributed by atoms with Gasteiger partial charge in [-0.3, -0.25) is 0 Å². The zero-order valence-electron chi connectivity index (χ0n) is 11.6. The predicted molar refractivity (Wildman–Crippen MR) is 83.2 cm³/mol. The van der Waals surface area contributed by atoms with E-state index in [-0.39, 0.29) is 0 Å². The molecular weight excluding hydrogens is 228 g/mol. The van der Waals surface area contributed by atoms with E-state index in [0.717, 1.165) is 18.3 Å². The van der Waals surface area contributed by atoms with Gasteiger partial charge in [-0.1, -0.05) is 62.2 Å². The summed E-state index contributed by atoms with van der Waals surface area (Å²) in [6.07, 6.45) is 7.93. The van der Waals surface area contributed by atoms with Crippen LogP contribution in [0.25, 0.3) is 10.8 Å². The Bertz CT molecular complexity index is 527. The van der Waals surface area contributed by atoms with Crippen molar-refractivity contribution in [2.45, 2.75) is 44.4 Å². The average molecular weight is 251 g/mol. The average Bonchev–Trinajstić information content (AvgIpc) is 2.48. The quantitative estimate of drug-likeness (QED) is 0.653. The number of hydrogen-bond donors (Lipinski definition) is 0. The van der Waals surface area contributed by atoms with Crippen LogP contribution in [0.4, 0.5) is 0 Å². The van der Waals surface area contributed by atoms with Crippen molar-refractivity contribution in [3.63, 3.8) is 0 Å². The molecule has 2 aromatic carbocycles. The normalized spacial score (nSPS) is 23.6. The van der Waals surface area contributed by atoms with E-state index in [2.05, 4.69) is 49.4 Å². The van der Waals surface area contributed by atoms with Gasteiger partial charge in [0.2, 0.25) is 0 Å². The Kier molecular flexibility index (Phi) is 3.87. The monoisotopic (exact) mass is 251 g/mol. The summed E-state index contributed by atoms with van der Waals surface area (Å²) in [4.78, 5) is 0. The molecule has 0 atom stereocenters. The summed E-state index contributed by atoms with van der Waals surface area (Å²) in [7, 11) is 0. The van der Waals surface area contributed by atoms with Gasteiger partial charge in [0.25, 0.3) is 0 Å². The molecular formula is C19H23. The summed E-state index contributed by atoms with van der Waals surface area (Å²) in [5.74, 6) is 1.70. The van der Waals surface area contributed by atoms with Crippen molar-refractivity contribution in [3.05, 3.63) is 55.0 Å². The summed E-state index contributed by atoms with van der Waals surface area (Å²) in [6, 6.07) is 15.6. The van der Waals surface area contributed by atoms with Crippen molar-refractivity contribution < 1.29 is 0 Å². The fourth-order valence-corrected chi connectivity index (χ4v) is 3.66. The van der Waals surface area contributed by atoms with Crippen LogP contribution < -0.4 is 0 Å². The molecule has 1 fully saturated rings. The van der Waals surface area contributed by atoms with Gasteiger partial charge in [-0.15, -0.1) is 0 Å². The van der Waals surface area contributed by atoms with Crippen molar-refractivity contribution in [2.75, 3.05) is 0 Å². The molecule has 0 unspecified atom stereocenters. The lowest BCUT2D eigenvalue weighted by molar-refractivity contribution is 0.312. The van der Waals surface area contributed by atoms with E-state index in [4.69, 9.17) is 0 Å². The topological polar surface area (TPSA) is 0 Å². The zero-order chi connectivity index (χ0) is 13.1. The smallest absolute Gasteiger partial charge is 0.0149 e. The van der Waals surface area contributed by atoms with Crippen LogP contribution in [0.5, 0.6) is 0 Å². The Hall–Kier alpha value is -1.30. The third-order valence-corrected chi connectivity index (χ3v) is 4.72. The second-order valence-corrected chi connectivity index (χ2v) is 5.93. The summed E-state index contributed by atoms with van der Waals surface area (Å²) in [5, 5.41) is 2.85. The van der Waals surface area contributed by atoms with E-state index < -0.39 is 0 Å². The fourth-order valence-electron chi connectivity index (χ4n) is 3.66. The Morgan fingerprint density at radius 3 is 2.42 bits per heavy atom. The lowest BCUT2D eigenvalue weighted by atomic mass is 9.76. The number of rotatable bonds is 3. The first-order chi connectivity index (χ1) is 9.38. The molecule has 0 saturated heterocycles. The van der Waals surface area contributed by atoms with Gasteiger partial charge < -0.3 is 0 Å². The van der Waals surface area contributed by atoms with Gasteiger partial charge in [-0.05, 0) is 53.9 Å². The molecule has 3 rings (SSSR count). The molecule has 1 aliphatic carbocycles. The van der Waals surface area contributed by atoms with E-state index in [1.807, 2.05) is 0 Å². The molecule has 0 bridgehead atoms. The maximum Gasteiger partial charge on any atom is -0.0149 e. The SMILES string of the molecule is [CH2]CCC1CCC(c2cccc3ccccc23)CC1. The Balaban J connectivity index is 1.82. The molecule has 1 saturated carbocycles. The maximum atomic E-state index is 4.00. The molecule has 1 radical (unpaired) electrons. The molecule has 0 spiro atoms. The highest BCUT2D eigenvalue weighted by Crippen LogP contribution is 2.39. The van der Waals surface area contributed by atoms with E-state index in [9.17, 15) is 0 Å². The molecule has 0 heterocycles. The van der Waals surface area contributed by atoms with Gasteiger partial charge in [0.1, 0.15) is 0 Å². The summed E-state index contributed by atoms with van der Waals surface area (Å²) >= 11 is 0. The molecule has 0 aliphatic heterocycles.